The SMILES string of the molecule is CCCc1cc(C2=CCC(c3ccc(OCC4CO4)cc3)CC2)ccc1OCC1CO1. The molecule has 0 bridgehead atoms. The van der Waals surface area contributed by atoms with Gasteiger partial charge in [-0.15, -0.1) is 0 Å². The van der Waals surface area contributed by atoms with Gasteiger partial charge in [0.15, 0.2) is 0 Å². The molecular weight excluding hydrogens is 388 g/mol. The predicted molar refractivity (Wildman–Crippen MR) is 122 cm³/mol. The smallest absolute Gasteiger partial charge is 0.122 e. The third-order valence-corrected chi connectivity index (χ3v) is 6.38. The number of allylic oxidation sites excluding steroid dienone is 2. The summed E-state index contributed by atoms with van der Waals surface area (Å²) in [4.78, 5) is 0. The van der Waals surface area contributed by atoms with Gasteiger partial charge >= 0.3 is 0 Å². The van der Waals surface area contributed by atoms with Crippen LogP contribution in [0, 0.1) is 0 Å². The third kappa shape index (κ3) is 5.50. The Labute approximate surface area is 185 Å². The molecule has 0 amide bonds. The Hall–Kier alpha value is -2.30. The van der Waals surface area contributed by atoms with E-state index in [-0.39, 0.29) is 0 Å². The van der Waals surface area contributed by atoms with Crippen molar-refractivity contribution in [3.05, 3.63) is 65.2 Å². The highest BCUT2D eigenvalue weighted by molar-refractivity contribution is 5.68. The third-order valence-electron chi connectivity index (χ3n) is 6.38. The van der Waals surface area contributed by atoms with Gasteiger partial charge in [-0.3, -0.25) is 0 Å². The molecule has 2 aliphatic heterocycles. The first-order valence-electron chi connectivity index (χ1n) is 11.7. The lowest BCUT2D eigenvalue weighted by atomic mass is 9.82. The Kier molecular flexibility index (Phi) is 6.28. The first-order valence-corrected chi connectivity index (χ1v) is 11.7. The zero-order valence-electron chi connectivity index (χ0n) is 18.3. The fourth-order valence-electron chi connectivity index (χ4n) is 4.32. The lowest BCUT2D eigenvalue weighted by molar-refractivity contribution is 0.261. The van der Waals surface area contributed by atoms with Gasteiger partial charge in [-0.2, -0.15) is 0 Å². The second-order valence-corrected chi connectivity index (χ2v) is 8.87. The van der Waals surface area contributed by atoms with Crippen molar-refractivity contribution < 1.29 is 18.9 Å². The molecule has 3 unspecified atom stereocenters. The lowest BCUT2D eigenvalue weighted by Gasteiger charge is -2.23. The van der Waals surface area contributed by atoms with Crippen molar-refractivity contribution in [1.82, 2.24) is 0 Å². The molecule has 3 atom stereocenters. The molecule has 1 aliphatic carbocycles. The maximum atomic E-state index is 6.01. The molecule has 0 radical (unpaired) electrons. The van der Waals surface area contributed by atoms with Crippen molar-refractivity contribution in [1.29, 1.82) is 0 Å². The van der Waals surface area contributed by atoms with Gasteiger partial charge in [-0.25, -0.2) is 0 Å². The summed E-state index contributed by atoms with van der Waals surface area (Å²) in [5.41, 5.74) is 5.54. The van der Waals surface area contributed by atoms with E-state index < -0.39 is 0 Å². The van der Waals surface area contributed by atoms with E-state index in [0.717, 1.165) is 50.4 Å². The summed E-state index contributed by atoms with van der Waals surface area (Å²) >= 11 is 0. The van der Waals surface area contributed by atoms with Gasteiger partial charge in [0, 0.05) is 0 Å². The average Bonchev–Trinajstić information content (AvgIpc) is 3.73. The quantitative estimate of drug-likeness (QED) is 0.473. The van der Waals surface area contributed by atoms with Crippen molar-refractivity contribution in [3.63, 3.8) is 0 Å². The molecule has 4 heteroatoms. The molecule has 0 N–H and O–H groups in total. The van der Waals surface area contributed by atoms with Gasteiger partial charge in [0.25, 0.3) is 0 Å². The second-order valence-electron chi connectivity index (χ2n) is 8.87. The van der Waals surface area contributed by atoms with Crippen molar-refractivity contribution >= 4 is 5.57 Å². The summed E-state index contributed by atoms with van der Waals surface area (Å²) in [6.45, 7) is 5.22. The monoisotopic (exact) mass is 420 g/mol. The van der Waals surface area contributed by atoms with E-state index in [1.165, 1.54) is 28.7 Å². The fourth-order valence-corrected chi connectivity index (χ4v) is 4.32. The van der Waals surface area contributed by atoms with E-state index in [0.29, 0.717) is 31.3 Å². The van der Waals surface area contributed by atoms with Crippen LogP contribution in [0.5, 0.6) is 11.5 Å². The number of epoxide rings is 2. The minimum absolute atomic E-state index is 0.292. The highest BCUT2D eigenvalue weighted by Crippen LogP contribution is 2.37. The van der Waals surface area contributed by atoms with Crippen LogP contribution in [-0.2, 0) is 15.9 Å². The Morgan fingerprint density at radius 2 is 1.68 bits per heavy atom. The van der Waals surface area contributed by atoms with Crippen LogP contribution in [0.25, 0.3) is 5.57 Å². The molecule has 0 spiro atoms. The number of benzene rings is 2. The minimum atomic E-state index is 0.292. The largest absolute Gasteiger partial charge is 0.491 e. The number of ether oxygens (including phenoxy) is 4. The lowest BCUT2D eigenvalue weighted by Crippen LogP contribution is -2.07. The van der Waals surface area contributed by atoms with Crippen LogP contribution >= 0.6 is 0 Å². The first-order chi connectivity index (χ1) is 15.3. The highest BCUT2D eigenvalue weighted by Gasteiger charge is 2.24. The van der Waals surface area contributed by atoms with Crippen molar-refractivity contribution in [2.45, 2.75) is 57.2 Å². The molecule has 5 rings (SSSR count). The van der Waals surface area contributed by atoms with Crippen molar-refractivity contribution in [3.8, 4) is 11.5 Å². The number of rotatable bonds is 10. The molecule has 3 aliphatic rings. The van der Waals surface area contributed by atoms with E-state index >= 15 is 0 Å². The molecule has 2 heterocycles. The summed E-state index contributed by atoms with van der Waals surface area (Å²) in [6, 6.07) is 15.4. The molecule has 2 saturated heterocycles. The van der Waals surface area contributed by atoms with Gasteiger partial charge in [0.1, 0.15) is 36.9 Å². The van der Waals surface area contributed by atoms with Gasteiger partial charge in [-0.05, 0) is 78.1 Å². The van der Waals surface area contributed by atoms with Gasteiger partial charge in [0.2, 0.25) is 0 Å². The molecule has 0 aromatic heterocycles. The van der Waals surface area contributed by atoms with E-state index in [1.54, 1.807) is 0 Å². The van der Waals surface area contributed by atoms with E-state index in [2.05, 4.69) is 55.5 Å². The van der Waals surface area contributed by atoms with Crippen molar-refractivity contribution in [2.24, 2.45) is 0 Å². The molecule has 2 aromatic carbocycles. The maximum absolute atomic E-state index is 6.01. The Morgan fingerprint density at radius 3 is 2.32 bits per heavy atom. The normalized spacial score (nSPS) is 24.4. The topological polar surface area (TPSA) is 43.5 Å². The molecule has 0 saturated carbocycles. The molecule has 164 valence electrons. The number of hydrogen-bond acceptors (Lipinski definition) is 4. The van der Waals surface area contributed by atoms with Crippen LogP contribution in [0.1, 0.15) is 55.2 Å². The summed E-state index contributed by atoms with van der Waals surface area (Å²) in [6.07, 6.45) is 8.58. The summed E-state index contributed by atoms with van der Waals surface area (Å²) in [5, 5.41) is 0. The predicted octanol–water partition coefficient (Wildman–Crippen LogP) is 5.55. The van der Waals surface area contributed by atoms with Gasteiger partial charge in [0.05, 0.1) is 13.2 Å². The van der Waals surface area contributed by atoms with E-state index in [1.807, 2.05) is 0 Å². The van der Waals surface area contributed by atoms with Crippen LogP contribution in [0.2, 0.25) is 0 Å². The second kappa shape index (κ2) is 9.46. The molecular formula is C27H32O4. The maximum Gasteiger partial charge on any atom is 0.122 e. The average molecular weight is 421 g/mol. The van der Waals surface area contributed by atoms with Gasteiger partial charge < -0.3 is 18.9 Å². The standard InChI is InChI=1S/C27H32O4/c1-2-3-23-14-22(10-13-27(23)31-18-26-17-30-26)21-6-4-19(5-7-21)20-8-11-24(12-9-20)28-15-25-16-29-25/h6,8-14,19,25-26H,2-5,7,15-18H2,1H3. The van der Waals surface area contributed by atoms with Crippen LogP contribution in [0.15, 0.2) is 48.5 Å². The van der Waals surface area contributed by atoms with E-state index in [9.17, 15) is 0 Å². The Morgan fingerprint density at radius 1 is 0.935 bits per heavy atom. The fraction of sp³-hybridized carbons (Fsp3) is 0.481. The first kappa shape index (κ1) is 20.6. The Bertz CT molecular complexity index is 909. The summed E-state index contributed by atoms with van der Waals surface area (Å²) in [7, 11) is 0. The van der Waals surface area contributed by atoms with Crippen LogP contribution in [0.4, 0.5) is 0 Å². The summed E-state index contributed by atoms with van der Waals surface area (Å²) < 4.78 is 22.3. The highest BCUT2D eigenvalue weighted by atomic mass is 16.6. The molecule has 2 fully saturated rings. The Balaban J connectivity index is 1.22. The summed E-state index contributed by atoms with van der Waals surface area (Å²) in [5.74, 6) is 2.54. The van der Waals surface area contributed by atoms with Crippen molar-refractivity contribution in [2.75, 3.05) is 26.4 Å². The van der Waals surface area contributed by atoms with Crippen LogP contribution < -0.4 is 9.47 Å². The minimum Gasteiger partial charge on any atom is -0.491 e. The molecule has 4 nitrogen and oxygen atoms in total. The zero-order valence-corrected chi connectivity index (χ0v) is 18.3. The molecule has 31 heavy (non-hydrogen) atoms. The van der Waals surface area contributed by atoms with Gasteiger partial charge in [-0.1, -0.05) is 37.6 Å². The van der Waals surface area contributed by atoms with Crippen LogP contribution in [-0.4, -0.2) is 38.6 Å². The molecule has 2 aromatic rings. The van der Waals surface area contributed by atoms with E-state index in [4.69, 9.17) is 18.9 Å². The zero-order chi connectivity index (χ0) is 21.0. The number of hydrogen-bond donors (Lipinski definition) is 0. The van der Waals surface area contributed by atoms with Crippen LogP contribution in [0.3, 0.4) is 0 Å². The number of aryl methyl sites for hydroxylation is 1.